The second-order valence-electron chi connectivity index (χ2n) is 5.95. The largest absolute Gasteiger partial charge is 0.507 e. The molecule has 0 saturated carbocycles. The summed E-state index contributed by atoms with van der Waals surface area (Å²) in [6.45, 7) is 1.35. The van der Waals surface area contributed by atoms with Crippen molar-refractivity contribution in [1.82, 2.24) is 0 Å². The first-order valence-electron chi connectivity index (χ1n) is 7.06. The quantitative estimate of drug-likeness (QED) is 0.592. The average Bonchev–Trinajstić information content (AvgIpc) is 2.80. The summed E-state index contributed by atoms with van der Waals surface area (Å²) in [4.78, 5) is 25.1. The summed E-state index contributed by atoms with van der Waals surface area (Å²) in [5.41, 5.74) is -0.278. The zero-order chi connectivity index (χ0) is 16.5. The van der Waals surface area contributed by atoms with Gasteiger partial charge in [-0.3, -0.25) is 9.59 Å². The molecule has 114 valence electrons. The normalized spacial score (nSPS) is 21.1. The van der Waals surface area contributed by atoms with Gasteiger partial charge in [-0.15, -0.1) is 0 Å². The fourth-order valence-corrected chi connectivity index (χ4v) is 3.25. The number of rotatable bonds is 0. The van der Waals surface area contributed by atoms with Crippen LogP contribution in [0.25, 0.3) is 17.2 Å². The van der Waals surface area contributed by atoms with Gasteiger partial charge in [0.15, 0.2) is 11.6 Å². The predicted octanol–water partition coefficient (Wildman–Crippen LogP) is 2.27. The van der Waals surface area contributed by atoms with E-state index < -0.39 is 11.4 Å². The molecule has 2 aromatic carbocycles. The fraction of sp³-hybridized carbons (Fsp3) is 0.111. The first-order chi connectivity index (χ1) is 10.8. The highest BCUT2D eigenvalue weighted by atomic mass is 16.3. The Morgan fingerprint density at radius 1 is 0.957 bits per heavy atom. The molecule has 4 rings (SSSR count). The van der Waals surface area contributed by atoms with Crippen molar-refractivity contribution in [2.75, 3.05) is 0 Å². The van der Waals surface area contributed by atoms with Crippen molar-refractivity contribution in [2.45, 2.75) is 12.5 Å². The van der Waals surface area contributed by atoms with Gasteiger partial charge >= 0.3 is 0 Å². The summed E-state index contributed by atoms with van der Waals surface area (Å²) in [7, 11) is 0. The minimum Gasteiger partial charge on any atom is -0.507 e. The van der Waals surface area contributed by atoms with E-state index in [1.54, 1.807) is 12.1 Å². The molecule has 0 radical (unpaired) electrons. The Morgan fingerprint density at radius 3 is 2.43 bits per heavy atom. The molecular formula is C18H12O5. The van der Waals surface area contributed by atoms with Gasteiger partial charge in [-0.05, 0) is 30.7 Å². The molecule has 2 aliphatic rings. The third-order valence-corrected chi connectivity index (χ3v) is 4.39. The van der Waals surface area contributed by atoms with E-state index in [2.05, 4.69) is 0 Å². The zero-order valence-corrected chi connectivity index (χ0v) is 12.1. The van der Waals surface area contributed by atoms with Crippen LogP contribution in [-0.4, -0.2) is 32.5 Å². The molecule has 5 nitrogen and oxygen atoms in total. The van der Waals surface area contributed by atoms with Crippen LogP contribution in [0.4, 0.5) is 0 Å². The van der Waals surface area contributed by atoms with Crippen molar-refractivity contribution in [1.29, 1.82) is 0 Å². The Kier molecular flexibility index (Phi) is 2.44. The number of carbonyl (C=O) groups is 2. The number of hydrogen-bond donors (Lipinski definition) is 3. The molecular weight excluding hydrogens is 296 g/mol. The van der Waals surface area contributed by atoms with E-state index in [9.17, 15) is 24.9 Å². The Labute approximate surface area is 131 Å². The molecule has 23 heavy (non-hydrogen) atoms. The molecule has 0 amide bonds. The van der Waals surface area contributed by atoms with Gasteiger partial charge in [-0.25, -0.2) is 0 Å². The average molecular weight is 308 g/mol. The van der Waals surface area contributed by atoms with E-state index in [-0.39, 0.29) is 45.1 Å². The van der Waals surface area contributed by atoms with Crippen molar-refractivity contribution in [3.8, 4) is 22.6 Å². The van der Waals surface area contributed by atoms with Crippen LogP contribution in [0, 0.1) is 0 Å². The summed E-state index contributed by atoms with van der Waals surface area (Å²) in [6.07, 6.45) is 2.83. The molecule has 0 bridgehead atoms. The number of fused-ring (bicyclic) bond motifs is 5. The molecule has 3 N–H and O–H groups in total. The molecule has 0 saturated heterocycles. The smallest absolute Gasteiger partial charge is 0.198 e. The second-order valence-corrected chi connectivity index (χ2v) is 5.95. The van der Waals surface area contributed by atoms with Crippen molar-refractivity contribution >= 4 is 17.6 Å². The van der Waals surface area contributed by atoms with E-state index in [4.69, 9.17) is 0 Å². The Morgan fingerprint density at radius 2 is 1.70 bits per heavy atom. The lowest BCUT2D eigenvalue weighted by Gasteiger charge is -2.24. The molecule has 0 aliphatic heterocycles. The van der Waals surface area contributed by atoms with Crippen LogP contribution in [0.15, 0.2) is 30.3 Å². The monoisotopic (exact) mass is 308 g/mol. The molecule has 0 heterocycles. The van der Waals surface area contributed by atoms with Crippen molar-refractivity contribution < 1.29 is 24.9 Å². The van der Waals surface area contributed by atoms with Gasteiger partial charge < -0.3 is 15.3 Å². The molecule has 2 aliphatic carbocycles. The minimum atomic E-state index is -1.68. The third-order valence-electron chi connectivity index (χ3n) is 4.39. The van der Waals surface area contributed by atoms with Crippen LogP contribution < -0.4 is 0 Å². The summed E-state index contributed by atoms with van der Waals surface area (Å²) in [6, 6.07) is 5.79. The van der Waals surface area contributed by atoms with Gasteiger partial charge in [0, 0.05) is 27.8 Å². The third kappa shape index (κ3) is 1.59. The highest BCUT2D eigenvalue weighted by Crippen LogP contribution is 2.49. The number of benzene rings is 2. The van der Waals surface area contributed by atoms with E-state index in [1.165, 1.54) is 31.2 Å². The van der Waals surface area contributed by atoms with Gasteiger partial charge in [-0.2, -0.15) is 0 Å². The van der Waals surface area contributed by atoms with Gasteiger partial charge in [0.2, 0.25) is 0 Å². The van der Waals surface area contributed by atoms with Gasteiger partial charge in [0.05, 0.1) is 0 Å². The van der Waals surface area contributed by atoms with Crippen LogP contribution in [0.1, 0.15) is 38.8 Å². The van der Waals surface area contributed by atoms with E-state index in [0.717, 1.165) is 0 Å². The number of phenolic OH excluding ortho intramolecular Hbond substituents is 2. The maximum atomic E-state index is 12.7. The number of Topliss-reactive ketones (excluding diaryl/α,β-unsaturated/α-hetero) is 1. The minimum absolute atomic E-state index is 0.0920. The maximum Gasteiger partial charge on any atom is 0.198 e. The van der Waals surface area contributed by atoms with Crippen LogP contribution in [0.2, 0.25) is 0 Å². The molecule has 0 fully saturated rings. The van der Waals surface area contributed by atoms with Crippen molar-refractivity contribution in [2.24, 2.45) is 0 Å². The molecule has 5 heteroatoms. The summed E-state index contributed by atoms with van der Waals surface area (Å²) < 4.78 is 0. The lowest BCUT2D eigenvalue weighted by atomic mass is 9.82. The number of carbonyl (C=O) groups excluding carboxylic acids is 2. The topological polar surface area (TPSA) is 94.8 Å². The second kappa shape index (κ2) is 4.08. The zero-order valence-electron chi connectivity index (χ0n) is 12.1. The SMILES string of the molecule is CC1(O)C=Cc2c(cc(O)c3c2C(=O)c2cccc(O)c2-3)C1=O. The molecule has 1 atom stereocenters. The van der Waals surface area contributed by atoms with Crippen LogP contribution in [-0.2, 0) is 0 Å². The Balaban J connectivity index is 2.12. The lowest BCUT2D eigenvalue weighted by Crippen LogP contribution is -2.35. The standard InChI is InChI=1S/C18H12O5/c1-18(23)6-5-8-10(17(18)22)7-12(20)15-13-9(16(21)14(8)15)3-2-4-11(13)19/h2-7,19-20,23H,1H3. The van der Waals surface area contributed by atoms with Crippen LogP contribution in [0.5, 0.6) is 11.5 Å². The number of hydrogen-bond acceptors (Lipinski definition) is 5. The van der Waals surface area contributed by atoms with Gasteiger partial charge in [-0.1, -0.05) is 18.2 Å². The fourth-order valence-electron chi connectivity index (χ4n) is 3.25. The first kappa shape index (κ1) is 13.7. The Bertz CT molecular complexity index is 950. The molecule has 0 aromatic heterocycles. The van der Waals surface area contributed by atoms with Crippen LogP contribution >= 0.6 is 0 Å². The Hall–Kier alpha value is -2.92. The first-order valence-corrected chi connectivity index (χ1v) is 7.06. The van der Waals surface area contributed by atoms with E-state index >= 15 is 0 Å². The summed E-state index contributed by atoms with van der Waals surface area (Å²) in [5.74, 6) is -1.33. The van der Waals surface area contributed by atoms with Gasteiger partial charge in [0.1, 0.15) is 17.1 Å². The number of phenols is 2. The molecule has 1 unspecified atom stereocenters. The predicted molar refractivity (Wildman–Crippen MR) is 82.6 cm³/mol. The molecule has 2 aromatic rings. The lowest BCUT2D eigenvalue weighted by molar-refractivity contribution is 0.0588. The number of aromatic hydroxyl groups is 2. The van der Waals surface area contributed by atoms with Crippen LogP contribution in [0.3, 0.4) is 0 Å². The summed E-state index contributed by atoms with van der Waals surface area (Å²) in [5, 5.41) is 30.5. The summed E-state index contributed by atoms with van der Waals surface area (Å²) >= 11 is 0. The highest BCUT2D eigenvalue weighted by Gasteiger charge is 2.40. The highest BCUT2D eigenvalue weighted by molar-refractivity contribution is 6.27. The van der Waals surface area contributed by atoms with E-state index in [0.29, 0.717) is 5.56 Å². The van der Waals surface area contributed by atoms with Gasteiger partial charge in [0.25, 0.3) is 0 Å². The maximum absolute atomic E-state index is 12.7. The van der Waals surface area contributed by atoms with E-state index in [1.807, 2.05) is 0 Å². The van der Waals surface area contributed by atoms with Crippen molar-refractivity contribution in [3.05, 3.63) is 52.6 Å². The molecule has 0 spiro atoms. The number of ketones is 2. The number of aliphatic hydroxyl groups is 1. The van der Waals surface area contributed by atoms with Crippen molar-refractivity contribution in [3.63, 3.8) is 0 Å².